The van der Waals surface area contributed by atoms with Crippen molar-refractivity contribution in [1.82, 2.24) is 0 Å². The molecule has 1 heteroatoms. The molecule has 0 amide bonds. The molecule has 1 heterocycles. The monoisotopic (exact) mass is 130 g/mol. The van der Waals surface area contributed by atoms with Crippen LogP contribution < -0.4 is 0 Å². The Kier molecular flexibility index (Phi) is 1.57. The van der Waals surface area contributed by atoms with E-state index in [1.54, 1.807) is 0 Å². The molecule has 1 fully saturated rings. The van der Waals surface area contributed by atoms with Gasteiger partial charge in [-0.05, 0) is 18.1 Å². The fourth-order valence-corrected chi connectivity index (χ4v) is 2.58. The van der Waals surface area contributed by atoms with Crippen molar-refractivity contribution in [2.45, 2.75) is 31.9 Å². The van der Waals surface area contributed by atoms with E-state index in [-0.39, 0.29) is 0 Å². The SMILES string of the molecule is CC1CSC(C)(C)C1. The molecule has 0 aromatic heterocycles. The van der Waals surface area contributed by atoms with Gasteiger partial charge in [0, 0.05) is 4.75 Å². The molecule has 0 bridgehead atoms. The van der Waals surface area contributed by atoms with Crippen molar-refractivity contribution >= 4 is 11.8 Å². The molecule has 0 aromatic rings. The van der Waals surface area contributed by atoms with Crippen LogP contribution >= 0.6 is 11.8 Å². The number of hydrogen-bond acceptors (Lipinski definition) is 1. The molecule has 0 aromatic carbocycles. The van der Waals surface area contributed by atoms with Crippen molar-refractivity contribution in [2.24, 2.45) is 5.92 Å². The van der Waals surface area contributed by atoms with Crippen LogP contribution in [0.1, 0.15) is 27.2 Å². The second-order valence-corrected chi connectivity index (χ2v) is 5.11. The molecule has 0 spiro atoms. The Morgan fingerprint density at radius 3 is 2.25 bits per heavy atom. The molecule has 0 aliphatic carbocycles. The molecule has 0 nitrogen and oxygen atoms in total. The molecule has 8 heavy (non-hydrogen) atoms. The lowest BCUT2D eigenvalue weighted by Gasteiger charge is -2.14. The van der Waals surface area contributed by atoms with Gasteiger partial charge in [-0.3, -0.25) is 0 Å². The highest BCUT2D eigenvalue weighted by Gasteiger charge is 2.28. The fourth-order valence-electron chi connectivity index (χ4n) is 1.32. The van der Waals surface area contributed by atoms with Gasteiger partial charge in [-0.2, -0.15) is 11.8 Å². The van der Waals surface area contributed by atoms with Crippen LogP contribution in [0.4, 0.5) is 0 Å². The molecular formula is C7H14S. The van der Waals surface area contributed by atoms with Crippen LogP contribution in [0.5, 0.6) is 0 Å². The maximum Gasteiger partial charge on any atom is 0.0106 e. The van der Waals surface area contributed by atoms with E-state index in [9.17, 15) is 0 Å². The lowest BCUT2D eigenvalue weighted by molar-refractivity contribution is 0.544. The minimum atomic E-state index is 0.583. The Hall–Kier alpha value is 0.350. The van der Waals surface area contributed by atoms with Crippen molar-refractivity contribution in [3.63, 3.8) is 0 Å². The Labute approximate surface area is 56.0 Å². The van der Waals surface area contributed by atoms with E-state index >= 15 is 0 Å². The predicted octanol–water partition coefficient (Wildman–Crippen LogP) is 2.54. The van der Waals surface area contributed by atoms with E-state index in [0.717, 1.165) is 5.92 Å². The van der Waals surface area contributed by atoms with E-state index in [2.05, 4.69) is 32.5 Å². The van der Waals surface area contributed by atoms with Gasteiger partial charge in [-0.15, -0.1) is 0 Å². The molecule has 0 N–H and O–H groups in total. The zero-order valence-corrected chi connectivity index (χ0v) is 6.72. The molecule has 1 saturated heterocycles. The molecule has 1 aliphatic heterocycles. The highest BCUT2D eigenvalue weighted by Crippen LogP contribution is 2.40. The summed E-state index contributed by atoms with van der Waals surface area (Å²) in [4.78, 5) is 0. The van der Waals surface area contributed by atoms with Gasteiger partial charge in [0.15, 0.2) is 0 Å². The van der Waals surface area contributed by atoms with Crippen LogP contribution in [0.3, 0.4) is 0 Å². The lowest BCUT2D eigenvalue weighted by Crippen LogP contribution is -2.08. The quantitative estimate of drug-likeness (QED) is 0.485. The van der Waals surface area contributed by atoms with Crippen molar-refractivity contribution in [2.75, 3.05) is 5.75 Å². The summed E-state index contributed by atoms with van der Waals surface area (Å²) in [5.41, 5.74) is 0. The van der Waals surface area contributed by atoms with E-state index in [0.29, 0.717) is 4.75 Å². The first-order valence-corrected chi connectivity index (χ1v) is 4.23. The Morgan fingerprint density at radius 2 is 2.12 bits per heavy atom. The first-order valence-electron chi connectivity index (χ1n) is 3.24. The van der Waals surface area contributed by atoms with Gasteiger partial charge in [-0.25, -0.2) is 0 Å². The molecular weight excluding hydrogens is 116 g/mol. The molecule has 1 atom stereocenters. The van der Waals surface area contributed by atoms with Gasteiger partial charge in [0.25, 0.3) is 0 Å². The van der Waals surface area contributed by atoms with Crippen molar-refractivity contribution in [1.29, 1.82) is 0 Å². The average molecular weight is 130 g/mol. The maximum absolute atomic E-state index is 2.34. The van der Waals surface area contributed by atoms with Crippen molar-refractivity contribution in [3.05, 3.63) is 0 Å². The highest BCUT2D eigenvalue weighted by atomic mass is 32.2. The summed E-state index contributed by atoms with van der Waals surface area (Å²) in [6.07, 6.45) is 1.40. The smallest absolute Gasteiger partial charge is 0.0106 e. The standard InChI is InChI=1S/C7H14S/c1-6-4-7(2,3)8-5-6/h6H,4-5H2,1-3H3. The Bertz CT molecular complexity index is 86.4. The first kappa shape index (κ1) is 6.47. The number of rotatable bonds is 0. The van der Waals surface area contributed by atoms with Crippen molar-refractivity contribution in [3.8, 4) is 0 Å². The van der Waals surface area contributed by atoms with Gasteiger partial charge in [-0.1, -0.05) is 20.8 Å². The van der Waals surface area contributed by atoms with Crippen LogP contribution in [0, 0.1) is 5.92 Å². The maximum atomic E-state index is 2.34. The van der Waals surface area contributed by atoms with E-state index in [1.807, 2.05) is 0 Å². The van der Waals surface area contributed by atoms with Crippen LogP contribution in [0.2, 0.25) is 0 Å². The van der Waals surface area contributed by atoms with Gasteiger partial charge in [0.2, 0.25) is 0 Å². The average Bonchev–Trinajstić information content (AvgIpc) is 1.82. The summed E-state index contributed by atoms with van der Waals surface area (Å²) >= 11 is 2.11. The minimum Gasteiger partial charge on any atom is -0.155 e. The van der Waals surface area contributed by atoms with Gasteiger partial charge in [0.1, 0.15) is 0 Å². The Morgan fingerprint density at radius 1 is 1.50 bits per heavy atom. The molecule has 0 saturated carbocycles. The fraction of sp³-hybridized carbons (Fsp3) is 1.00. The summed E-state index contributed by atoms with van der Waals surface area (Å²) < 4.78 is 0.583. The highest BCUT2D eigenvalue weighted by molar-refractivity contribution is 8.00. The lowest BCUT2D eigenvalue weighted by atomic mass is 10.0. The van der Waals surface area contributed by atoms with Crippen LogP contribution in [0.15, 0.2) is 0 Å². The second kappa shape index (κ2) is 1.94. The Balaban J connectivity index is 2.44. The first-order chi connectivity index (χ1) is 3.60. The van der Waals surface area contributed by atoms with E-state index < -0.39 is 0 Å². The van der Waals surface area contributed by atoms with Gasteiger partial charge in [0.05, 0.1) is 0 Å². The van der Waals surface area contributed by atoms with Crippen LogP contribution in [-0.2, 0) is 0 Å². The number of thioether (sulfide) groups is 1. The van der Waals surface area contributed by atoms with Gasteiger partial charge < -0.3 is 0 Å². The van der Waals surface area contributed by atoms with Crippen LogP contribution in [0.25, 0.3) is 0 Å². The summed E-state index contributed by atoms with van der Waals surface area (Å²) in [5.74, 6) is 2.32. The van der Waals surface area contributed by atoms with Crippen molar-refractivity contribution < 1.29 is 0 Å². The van der Waals surface area contributed by atoms with Gasteiger partial charge >= 0.3 is 0 Å². The summed E-state index contributed by atoms with van der Waals surface area (Å²) in [6, 6.07) is 0. The largest absolute Gasteiger partial charge is 0.155 e. The molecule has 1 unspecified atom stereocenters. The third-order valence-corrected chi connectivity index (χ3v) is 3.28. The number of hydrogen-bond donors (Lipinski definition) is 0. The summed E-state index contributed by atoms with van der Waals surface area (Å²) in [6.45, 7) is 7.00. The minimum absolute atomic E-state index is 0.583. The summed E-state index contributed by atoms with van der Waals surface area (Å²) in [7, 11) is 0. The van der Waals surface area contributed by atoms with Crippen LogP contribution in [-0.4, -0.2) is 10.5 Å². The predicted molar refractivity (Wildman–Crippen MR) is 40.3 cm³/mol. The molecule has 1 rings (SSSR count). The molecule has 1 aliphatic rings. The zero-order chi connectivity index (χ0) is 6.20. The third-order valence-electron chi connectivity index (χ3n) is 1.60. The third kappa shape index (κ3) is 1.41. The normalized spacial score (nSPS) is 35.6. The van der Waals surface area contributed by atoms with E-state index in [1.165, 1.54) is 12.2 Å². The zero-order valence-electron chi connectivity index (χ0n) is 5.90. The second-order valence-electron chi connectivity index (χ2n) is 3.38. The van der Waals surface area contributed by atoms with E-state index in [4.69, 9.17) is 0 Å². The molecule has 48 valence electrons. The summed E-state index contributed by atoms with van der Waals surface area (Å²) in [5, 5.41) is 0. The molecule has 0 radical (unpaired) electrons. The topological polar surface area (TPSA) is 0 Å².